The Hall–Kier alpha value is -5.94. The maximum absolute atomic E-state index is 11.8. The third-order valence-corrected chi connectivity index (χ3v) is 12.5. The first-order chi connectivity index (χ1) is 31.0. The molecule has 8 rings (SSSR count). The van der Waals surface area contributed by atoms with Crippen LogP contribution in [0, 0.1) is 47.9 Å². The zero-order chi connectivity index (χ0) is 47.6. The number of thiocarbonyl (C=S) groups is 1. The van der Waals surface area contributed by atoms with E-state index in [0.29, 0.717) is 19.4 Å². The van der Waals surface area contributed by atoms with Crippen molar-refractivity contribution in [2.45, 2.75) is 105 Å². The van der Waals surface area contributed by atoms with Crippen LogP contribution in [0.4, 0.5) is 39.8 Å². The van der Waals surface area contributed by atoms with Gasteiger partial charge >= 0.3 is 0 Å². The number of nitrogen functional groups attached to an aromatic ring is 2. The van der Waals surface area contributed by atoms with E-state index in [1.807, 2.05) is 49.1 Å². The highest BCUT2D eigenvalue weighted by atomic mass is 79.9. The second kappa shape index (κ2) is 25.5. The molecule has 65 heavy (non-hydrogen) atoms. The number of halogens is 1. The van der Waals surface area contributed by atoms with Crippen LogP contribution < -0.4 is 31.5 Å². The Morgan fingerprint density at radius 3 is 1.37 bits per heavy atom. The number of carbonyl (C=O) groups excluding carboxylic acids is 3. The molecule has 17 heteroatoms. The van der Waals surface area contributed by atoms with Gasteiger partial charge in [0.25, 0.3) is 11.4 Å². The molecular weight excluding hydrogens is 913 g/mol. The average molecular weight is 976 g/mol. The molecule has 4 saturated heterocycles. The summed E-state index contributed by atoms with van der Waals surface area (Å²) in [6.07, 6.45) is 11.7. The summed E-state index contributed by atoms with van der Waals surface area (Å²) in [5, 5.41) is 23.6. The molecule has 4 aliphatic heterocycles. The molecule has 4 fully saturated rings. The van der Waals surface area contributed by atoms with E-state index in [4.69, 9.17) is 23.7 Å². The molecule has 0 aromatic heterocycles. The second-order valence-electron chi connectivity index (χ2n) is 16.3. The lowest BCUT2D eigenvalue weighted by Gasteiger charge is -2.30. The second-order valence-corrected chi connectivity index (χ2v) is 17.7. The highest BCUT2D eigenvalue weighted by Gasteiger charge is 2.23. The zero-order valence-corrected chi connectivity index (χ0v) is 40.2. The molecule has 0 saturated carbocycles. The summed E-state index contributed by atoms with van der Waals surface area (Å²) < 4.78 is 0.892. The molecule has 0 bridgehead atoms. The fraction of sp³-hybridized carbons (Fsp3) is 0.417. The molecule has 0 spiro atoms. The minimum atomic E-state index is -0.422. The predicted molar refractivity (Wildman–Crippen MR) is 270 cm³/mol. The number of rotatable bonds is 5. The van der Waals surface area contributed by atoms with Gasteiger partial charge in [-0.1, -0.05) is 28.1 Å². The molecule has 0 atom stereocenters. The van der Waals surface area contributed by atoms with E-state index < -0.39 is 9.85 Å². The van der Waals surface area contributed by atoms with Crippen molar-refractivity contribution >= 4 is 90.7 Å². The minimum Gasteiger partial charge on any atom is -0.399 e. The Balaban J connectivity index is 0.000000223. The van der Waals surface area contributed by atoms with E-state index >= 15 is 0 Å². The van der Waals surface area contributed by atoms with Crippen molar-refractivity contribution in [3.63, 3.8) is 0 Å². The molecule has 15 nitrogen and oxygen atoms in total. The maximum Gasteiger partial charge on any atom is 0.269 e. The lowest BCUT2D eigenvalue weighted by Crippen LogP contribution is -2.35. The molecule has 5 N–H and O–H groups in total. The Morgan fingerprint density at radius 2 is 0.985 bits per heavy atom. The van der Waals surface area contributed by atoms with Crippen molar-refractivity contribution in [1.82, 2.24) is 5.32 Å². The number of carbonyl (C=O) groups is 3. The van der Waals surface area contributed by atoms with Crippen LogP contribution in [0.5, 0.6) is 0 Å². The molecule has 0 aliphatic carbocycles. The van der Waals surface area contributed by atoms with Crippen LogP contribution in [0.3, 0.4) is 0 Å². The number of piperidine rings is 4. The van der Waals surface area contributed by atoms with Gasteiger partial charge in [-0.25, -0.2) is 0 Å². The van der Waals surface area contributed by atoms with Crippen molar-refractivity contribution in [3.05, 3.63) is 120 Å². The van der Waals surface area contributed by atoms with Crippen molar-refractivity contribution in [2.75, 3.05) is 52.3 Å². The van der Waals surface area contributed by atoms with Crippen molar-refractivity contribution in [1.29, 1.82) is 0 Å². The van der Waals surface area contributed by atoms with Gasteiger partial charge in [0.05, 0.1) is 14.8 Å². The number of benzene rings is 4. The van der Waals surface area contributed by atoms with Gasteiger partial charge in [0.2, 0.25) is 17.7 Å². The third kappa shape index (κ3) is 15.9. The number of nitro benzene ring substituents is 2. The van der Waals surface area contributed by atoms with Crippen molar-refractivity contribution < 1.29 is 25.7 Å². The van der Waals surface area contributed by atoms with Crippen LogP contribution in [-0.4, -0.2) is 58.7 Å². The number of nitro groups is 2. The van der Waals surface area contributed by atoms with E-state index in [2.05, 4.69) is 39.1 Å². The monoisotopic (exact) mass is 974 g/mol. The first-order valence-corrected chi connectivity index (χ1v) is 23.2. The lowest BCUT2D eigenvalue weighted by atomic mass is 10.1. The molecule has 0 unspecified atom stereocenters. The summed E-state index contributed by atoms with van der Waals surface area (Å²) in [6, 6.07) is 21.0. The number of non-ortho nitro benzene ring substituents is 2. The van der Waals surface area contributed by atoms with Crippen LogP contribution >= 0.6 is 28.1 Å². The molecule has 3 amide bonds. The normalized spacial score (nSPS) is 15.9. The van der Waals surface area contributed by atoms with Crippen LogP contribution in [0.25, 0.3) is 0 Å². The summed E-state index contributed by atoms with van der Waals surface area (Å²) in [5.41, 5.74) is 20.1. The topological polar surface area (TPSA) is 211 Å². The van der Waals surface area contributed by atoms with Gasteiger partial charge in [0.15, 0.2) is 0 Å². The summed E-state index contributed by atoms with van der Waals surface area (Å²) in [6.45, 7) is 11.2. The van der Waals surface area contributed by atoms with Gasteiger partial charge in [0.1, 0.15) is 0 Å². The fourth-order valence-electron chi connectivity index (χ4n) is 7.67. The number of hydrogen-bond donors (Lipinski definition) is 3. The van der Waals surface area contributed by atoms with Gasteiger partial charge in [-0.15, -0.1) is 0 Å². The van der Waals surface area contributed by atoms with E-state index in [-0.39, 0.29) is 30.5 Å². The highest BCUT2D eigenvalue weighted by molar-refractivity contribution is 9.10. The molecule has 350 valence electrons. The van der Waals surface area contributed by atoms with Gasteiger partial charge in [-0.3, -0.25) is 34.6 Å². The summed E-state index contributed by atoms with van der Waals surface area (Å²) in [7, 11) is 0. The van der Waals surface area contributed by atoms with E-state index in [9.17, 15) is 34.6 Å². The number of anilines is 5. The third-order valence-electron chi connectivity index (χ3n) is 11.2. The van der Waals surface area contributed by atoms with Gasteiger partial charge in [0, 0.05) is 104 Å². The van der Waals surface area contributed by atoms with Gasteiger partial charge < -0.3 is 31.5 Å². The van der Waals surface area contributed by atoms with E-state index in [0.717, 1.165) is 120 Å². The fourth-order valence-corrected chi connectivity index (χ4v) is 8.25. The quantitative estimate of drug-likeness (QED) is 0.0741. The molecule has 4 heterocycles. The summed E-state index contributed by atoms with van der Waals surface area (Å²) in [5.74, 6) is 0.550. The number of nitrogens with two attached hydrogens (primary N) is 2. The van der Waals surface area contributed by atoms with Crippen LogP contribution in [-0.2, 0) is 14.4 Å². The smallest absolute Gasteiger partial charge is 0.269 e. The Kier molecular flexibility index (Phi) is 20.3. The summed E-state index contributed by atoms with van der Waals surface area (Å²) >= 11 is 8.65. The standard InChI is InChI=1S/C12H14N2O3.C12H16N2O.C12H16N2S.C7H6BrNO2.C5H9NO.H2/c1-9-8-10(14(16)17)5-6-11(9)13-7-3-2-4-12(13)15;2*1-9-8-10(13)5-6-11(9)14-7-3-2-4-12(14)15;1-5-4-6(9(10)11)2-3-7(5)8;7-5-3-1-2-4-6-5;/h5-6,8H,2-4,7H2,1H3;2*5-6,8H,2-4,7,13H2,1H3;2-4H,1H3;1-4H2,(H,6,7);1H. The molecule has 4 aromatic carbocycles. The molecule has 4 aromatic rings. The minimum absolute atomic E-state index is 0. The number of amides is 3. The van der Waals surface area contributed by atoms with Gasteiger partial charge in [-0.05, 0) is 156 Å². The van der Waals surface area contributed by atoms with Crippen molar-refractivity contribution in [3.8, 4) is 0 Å². The van der Waals surface area contributed by atoms with Gasteiger partial charge in [-0.2, -0.15) is 0 Å². The number of aryl methyl sites for hydroxylation is 4. The first kappa shape index (κ1) is 51.7. The number of nitrogens with one attached hydrogen (secondary N) is 1. The molecule has 4 aliphatic rings. The SMILES string of the molecule is Cc1cc(N)ccc1N1CCCCC1=O.Cc1cc(N)ccc1N1CCCCC1=S.Cc1cc([N+](=O)[O-])ccc1Br.Cc1cc([N+](=O)[O-])ccc1N1CCCCC1=O.O=C1CCCCN1.[HH]. The Morgan fingerprint density at radius 1 is 0.569 bits per heavy atom. The lowest BCUT2D eigenvalue weighted by molar-refractivity contribution is -0.385. The molecule has 0 radical (unpaired) electrons. The number of hydrogen-bond acceptors (Lipinski definition) is 10. The van der Waals surface area contributed by atoms with Crippen LogP contribution in [0.2, 0.25) is 0 Å². The van der Waals surface area contributed by atoms with Crippen molar-refractivity contribution in [2.24, 2.45) is 0 Å². The maximum atomic E-state index is 11.8. The molecular formula is C48H63BrN8O7S. The Bertz CT molecular complexity index is 2270. The van der Waals surface area contributed by atoms with E-state index in [1.165, 1.54) is 48.4 Å². The Labute approximate surface area is 396 Å². The largest absolute Gasteiger partial charge is 0.399 e. The van der Waals surface area contributed by atoms with E-state index in [1.54, 1.807) is 24.0 Å². The zero-order valence-electron chi connectivity index (χ0n) is 37.8. The van der Waals surface area contributed by atoms with Crippen LogP contribution in [0.15, 0.2) is 77.3 Å². The first-order valence-electron chi connectivity index (χ1n) is 22.0. The predicted octanol–water partition coefficient (Wildman–Crippen LogP) is 10.6. The van der Waals surface area contributed by atoms with Crippen LogP contribution in [0.1, 0.15) is 101 Å². The summed E-state index contributed by atoms with van der Waals surface area (Å²) in [4.78, 5) is 60.8. The number of nitrogens with zero attached hydrogens (tertiary/aromatic N) is 5. The highest BCUT2D eigenvalue weighted by Crippen LogP contribution is 2.29. The average Bonchev–Trinajstić information content (AvgIpc) is 3.27.